The Balaban J connectivity index is 2.21. The fourth-order valence-corrected chi connectivity index (χ4v) is 2.75. The first kappa shape index (κ1) is 10.5. The third-order valence-corrected chi connectivity index (χ3v) is 3.51. The van der Waals surface area contributed by atoms with Gasteiger partial charge >= 0.3 is 0 Å². The molecule has 2 aromatic rings. The first-order valence-corrected chi connectivity index (χ1v) is 6.03. The summed E-state index contributed by atoms with van der Waals surface area (Å²) < 4.78 is 1.18. The van der Waals surface area contributed by atoms with Crippen LogP contribution in [0.25, 0.3) is 10.1 Å². The van der Waals surface area contributed by atoms with Crippen LogP contribution in [0, 0.1) is 0 Å². The van der Waals surface area contributed by atoms with Crippen molar-refractivity contribution in [3.8, 4) is 5.75 Å². The van der Waals surface area contributed by atoms with Crippen molar-refractivity contribution >= 4 is 21.4 Å². The Hall–Kier alpha value is -1.06. The first-order chi connectivity index (χ1) is 7.31. The molecule has 15 heavy (non-hydrogen) atoms. The van der Waals surface area contributed by atoms with E-state index >= 15 is 0 Å². The lowest BCUT2D eigenvalue weighted by Crippen LogP contribution is -2.08. The zero-order valence-electron chi connectivity index (χ0n) is 8.79. The minimum Gasteiger partial charge on any atom is -0.508 e. The monoisotopic (exact) mass is 221 g/mol. The quantitative estimate of drug-likeness (QED) is 0.778. The highest BCUT2D eigenvalue weighted by Crippen LogP contribution is 2.29. The Labute approximate surface area is 93.6 Å². The number of rotatable bonds is 4. The number of hydrogen-bond donors (Lipinski definition) is 2. The molecule has 0 aliphatic rings. The Morgan fingerprint density at radius 3 is 3.07 bits per heavy atom. The number of thiophene rings is 1. The Morgan fingerprint density at radius 2 is 2.27 bits per heavy atom. The molecule has 2 N–H and O–H groups in total. The fraction of sp³-hybridized carbons (Fsp3) is 0.333. The van der Waals surface area contributed by atoms with Gasteiger partial charge < -0.3 is 10.4 Å². The van der Waals surface area contributed by atoms with Gasteiger partial charge in [-0.3, -0.25) is 0 Å². The summed E-state index contributed by atoms with van der Waals surface area (Å²) in [6.45, 7) is 1.05. The molecule has 2 nitrogen and oxygen atoms in total. The third-order valence-electron chi connectivity index (χ3n) is 2.51. The highest BCUT2D eigenvalue weighted by molar-refractivity contribution is 7.17. The van der Waals surface area contributed by atoms with Gasteiger partial charge in [0.25, 0.3) is 0 Å². The number of aromatic hydroxyl groups is 1. The summed E-state index contributed by atoms with van der Waals surface area (Å²) in [4.78, 5) is 0. The van der Waals surface area contributed by atoms with Crippen LogP contribution in [-0.4, -0.2) is 18.7 Å². The molecule has 0 atom stereocenters. The molecule has 0 unspecified atom stereocenters. The fourth-order valence-electron chi connectivity index (χ4n) is 1.72. The lowest BCUT2D eigenvalue weighted by molar-refractivity contribution is 0.476. The number of benzene rings is 1. The van der Waals surface area contributed by atoms with E-state index in [1.54, 1.807) is 17.4 Å². The number of aryl methyl sites for hydroxylation is 1. The van der Waals surface area contributed by atoms with Crippen molar-refractivity contribution < 1.29 is 5.11 Å². The molecule has 1 heterocycles. The summed E-state index contributed by atoms with van der Waals surface area (Å²) in [5, 5.41) is 16.0. The highest BCUT2D eigenvalue weighted by Gasteiger charge is 2.03. The average molecular weight is 221 g/mol. The van der Waals surface area contributed by atoms with Gasteiger partial charge in [-0.2, -0.15) is 0 Å². The van der Waals surface area contributed by atoms with Crippen molar-refractivity contribution in [1.29, 1.82) is 0 Å². The van der Waals surface area contributed by atoms with Crippen LogP contribution in [0.15, 0.2) is 23.6 Å². The molecule has 0 aliphatic carbocycles. The van der Waals surface area contributed by atoms with Crippen molar-refractivity contribution in [2.24, 2.45) is 0 Å². The molecule has 0 radical (unpaired) electrons. The van der Waals surface area contributed by atoms with Gasteiger partial charge in [0.05, 0.1) is 0 Å². The zero-order valence-corrected chi connectivity index (χ0v) is 9.60. The van der Waals surface area contributed by atoms with Crippen molar-refractivity contribution in [2.45, 2.75) is 12.8 Å². The van der Waals surface area contributed by atoms with Crippen LogP contribution in [0.3, 0.4) is 0 Å². The number of fused-ring (bicyclic) bond motifs is 1. The Morgan fingerprint density at radius 1 is 1.40 bits per heavy atom. The molecule has 3 heteroatoms. The predicted molar refractivity (Wildman–Crippen MR) is 65.7 cm³/mol. The maximum Gasteiger partial charge on any atom is 0.117 e. The highest BCUT2D eigenvalue weighted by atomic mass is 32.1. The average Bonchev–Trinajstić information content (AvgIpc) is 2.61. The number of hydrogen-bond acceptors (Lipinski definition) is 3. The summed E-state index contributed by atoms with van der Waals surface area (Å²) in [5.74, 6) is 0.353. The van der Waals surface area contributed by atoms with E-state index in [1.165, 1.54) is 15.6 Å². The van der Waals surface area contributed by atoms with E-state index < -0.39 is 0 Å². The maximum atomic E-state index is 9.35. The van der Waals surface area contributed by atoms with Crippen molar-refractivity contribution in [3.63, 3.8) is 0 Å². The van der Waals surface area contributed by atoms with Crippen LogP contribution in [0.1, 0.15) is 12.0 Å². The zero-order chi connectivity index (χ0) is 10.7. The molecule has 0 bridgehead atoms. The van der Waals surface area contributed by atoms with E-state index in [2.05, 4.69) is 10.7 Å². The molecule has 0 fully saturated rings. The van der Waals surface area contributed by atoms with Crippen molar-refractivity contribution in [2.75, 3.05) is 13.6 Å². The van der Waals surface area contributed by atoms with Crippen LogP contribution in [0.4, 0.5) is 0 Å². The minimum absolute atomic E-state index is 0.353. The van der Waals surface area contributed by atoms with Gasteiger partial charge in [-0.25, -0.2) is 0 Å². The summed E-state index contributed by atoms with van der Waals surface area (Å²) in [5.41, 5.74) is 1.39. The molecular formula is C12H15NOS. The van der Waals surface area contributed by atoms with Gasteiger partial charge in [-0.05, 0) is 61.0 Å². The Kier molecular flexibility index (Phi) is 3.23. The van der Waals surface area contributed by atoms with E-state index in [4.69, 9.17) is 0 Å². The van der Waals surface area contributed by atoms with E-state index in [-0.39, 0.29) is 0 Å². The number of nitrogens with one attached hydrogen (secondary N) is 1. The summed E-state index contributed by atoms with van der Waals surface area (Å²) >= 11 is 1.71. The van der Waals surface area contributed by atoms with Gasteiger partial charge in [-0.1, -0.05) is 0 Å². The Bertz CT molecular complexity index is 450. The largest absolute Gasteiger partial charge is 0.508 e. The summed E-state index contributed by atoms with van der Waals surface area (Å²) in [7, 11) is 1.98. The minimum atomic E-state index is 0.353. The SMILES string of the molecule is CNCCCc1csc2cc(O)ccc12. The second kappa shape index (κ2) is 4.64. The third kappa shape index (κ3) is 2.30. The number of phenolic OH excluding ortho intramolecular Hbond substituents is 1. The van der Waals surface area contributed by atoms with E-state index in [0.717, 1.165) is 19.4 Å². The molecule has 0 saturated heterocycles. The lowest BCUT2D eigenvalue weighted by atomic mass is 10.1. The van der Waals surface area contributed by atoms with E-state index in [0.29, 0.717) is 5.75 Å². The first-order valence-electron chi connectivity index (χ1n) is 5.15. The molecular weight excluding hydrogens is 206 g/mol. The molecule has 80 valence electrons. The van der Waals surface area contributed by atoms with Gasteiger partial charge in [0, 0.05) is 4.70 Å². The molecule has 1 aromatic carbocycles. The van der Waals surface area contributed by atoms with Crippen LogP contribution in [0.5, 0.6) is 5.75 Å². The maximum absolute atomic E-state index is 9.35. The molecule has 0 amide bonds. The molecule has 0 saturated carbocycles. The standard InChI is InChI=1S/C12H15NOS/c1-13-6-2-3-9-8-15-12-7-10(14)4-5-11(9)12/h4-5,7-8,13-14H,2-3,6H2,1H3. The smallest absolute Gasteiger partial charge is 0.117 e. The van der Waals surface area contributed by atoms with Gasteiger partial charge in [0.15, 0.2) is 0 Å². The van der Waals surface area contributed by atoms with E-state index in [1.807, 2.05) is 19.2 Å². The van der Waals surface area contributed by atoms with Crippen LogP contribution < -0.4 is 5.32 Å². The topological polar surface area (TPSA) is 32.3 Å². The van der Waals surface area contributed by atoms with Gasteiger partial charge in [-0.15, -0.1) is 11.3 Å². The molecule has 2 rings (SSSR count). The molecule has 0 spiro atoms. The summed E-state index contributed by atoms with van der Waals surface area (Å²) in [6, 6.07) is 5.61. The molecule has 0 aliphatic heterocycles. The van der Waals surface area contributed by atoms with Crippen molar-refractivity contribution in [3.05, 3.63) is 29.1 Å². The lowest BCUT2D eigenvalue weighted by Gasteiger charge is -1.99. The van der Waals surface area contributed by atoms with Crippen LogP contribution >= 0.6 is 11.3 Å². The van der Waals surface area contributed by atoms with E-state index in [9.17, 15) is 5.11 Å². The van der Waals surface area contributed by atoms with Gasteiger partial charge in [0.1, 0.15) is 5.75 Å². The summed E-state index contributed by atoms with van der Waals surface area (Å²) in [6.07, 6.45) is 2.26. The predicted octanol–water partition coefficient (Wildman–Crippen LogP) is 2.76. The normalized spacial score (nSPS) is 11.0. The van der Waals surface area contributed by atoms with Crippen LogP contribution in [0.2, 0.25) is 0 Å². The van der Waals surface area contributed by atoms with Crippen LogP contribution in [-0.2, 0) is 6.42 Å². The number of phenols is 1. The van der Waals surface area contributed by atoms with Crippen molar-refractivity contribution in [1.82, 2.24) is 5.32 Å². The molecule has 1 aromatic heterocycles. The second-order valence-corrected chi connectivity index (χ2v) is 4.56. The second-order valence-electron chi connectivity index (χ2n) is 3.65. The van der Waals surface area contributed by atoms with Gasteiger partial charge in [0.2, 0.25) is 0 Å².